The van der Waals surface area contributed by atoms with Crippen LogP contribution in [-0.2, 0) is 5.88 Å². The molecule has 0 bridgehead atoms. The van der Waals surface area contributed by atoms with Crippen LogP contribution in [0.2, 0.25) is 0 Å². The van der Waals surface area contributed by atoms with Gasteiger partial charge < -0.3 is 10.2 Å². The summed E-state index contributed by atoms with van der Waals surface area (Å²) in [5, 5.41) is 20.4. The smallest absolute Gasteiger partial charge is 0.131 e. The van der Waals surface area contributed by atoms with E-state index >= 15 is 0 Å². The van der Waals surface area contributed by atoms with Gasteiger partial charge in [0.2, 0.25) is 0 Å². The van der Waals surface area contributed by atoms with Crippen LogP contribution in [0.25, 0.3) is 11.1 Å². The number of rotatable bonds is 5. The number of aromatic hydroxyl groups is 1. The molecule has 0 aliphatic carbocycles. The van der Waals surface area contributed by atoms with E-state index in [1.54, 1.807) is 24.3 Å². The van der Waals surface area contributed by atoms with E-state index in [1.807, 2.05) is 13.8 Å². The van der Waals surface area contributed by atoms with Crippen molar-refractivity contribution in [1.82, 2.24) is 0 Å². The van der Waals surface area contributed by atoms with Gasteiger partial charge in [-0.05, 0) is 34.9 Å². The molecule has 0 saturated carbocycles. The van der Waals surface area contributed by atoms with Crippen LogP contribution in [0.4, 0.5) is 4.39 Å². The zero-order chi connectivity index (χ0) is 17.2. The van der Waals surface area contributed by atoms with Gasteiger partial charge in [-0.1, -0.05) is 38.1 Å². The van der Waals surface area contributed by atoms with Crippen molar-refractivity contribution in [3.05, 3.63) is 66.0 Å². The second-order valence-electron chi connectivity index (χ2n) is 6.15. The summed E-state index contributed by atoms with van der Waals surface area (Å²) in [5.41, 5.74) is 1.53. The average molecular weight is 335 g/mol. The molecule has 2 nitrogen and oxygen atoms in total. The summed E-state index contributed by atoms with van der Waals surface area (Å²) >= 11 is 5.89. The van der Waals surface area contributed by atoms with E-state index in [4.69, 9.17) is 11.6 Å². The maximum atomic E-state index is 14.2. The van der Waals surface area contributed by atoms with Gasteiger partial charge in [0.05, 0.1) is 6.10 Å². The number of hydrogen-bond acceptors (Lipinski definition) is 2. The van der Waals surface area contributed by atoms with Crippen LogP contribution < -0.4 is 0 Å². The van der Waals surface area contributed by atoms with E-state index in [-0.39, 0.29) is 17.2 Å². The van der Waals surface area contributed by atoms with Gasteiger partial charge in [-0.2, -0.15) is 0 Å². The van der Waals surface area contributed by atoms with Gasteiger partial charge in [0, 0.05) is 16.9 Å². The lowest BCUT2D eigenvalue weighted by Crippen LogP contribution is -2.20. The lowest BCUT2D eigenvalue weighted by atomic mass is 9.80. The summed E-state index contributed by atoms with van der Waals surface area (Å²) in [6.45, 7) is 7.45. The third kappa shape index (κ3) is 3.57. The van der Waals surface area contributed by atoms with E-state index in [9.17, 15) is 14.6 Å². The average Bonchev–Trinajstić information content (AvgIpc) is 2.55. The van der Waals surface area contributed by atoms with Crippen molar-refractivity contribution in [2.24, 2.45) is 5.41 Å². The molecule has 2 rings (SSSR count). The van der Waals surface area contributed by atoms with Gasteiger partial charge in [0.25, 0.3) is 0 Å². The highest BCUT2D eigenvalue weighted by molar-refractivity contribution is 6.17. The third-order valence-electron chi connectivity index (χ3n) is 4.04. The zero-order valence-electron chi connectivity index (χ0n) is 13.2. The number of hydrogen-bond donors (Lipinski definition) is 2. The normalized spacial score (nSPS) is 12.9. The number of halogens is 2. The van der Waals surface area contributed by atoms with Gasteiger partial charge in [-0.3, -0.25) is 0 Å². The quantitative estimate of drug-likeness (QED) is 0.584. The maximum absolute atomic E-state index is 14.2. The summed E-state index contributed by atoms with van der Waals surface area (Å²) < 4.78 is 14.2. The fraction of sp³-hybridized carbons (Fsp3) is 0.263. The molecule has 2 aromatic carbocycles. The standard InChI is InChI=1S/C19H20ClFO2/c1-4-19(2,3)18(23)16-9-12(11-20)5-7-14(16)15-10-13(22)6-8-17(15)21/h4-10,18,22-23H,1,11H2,2-3H3/t18-/m1/s1. The van der Waals surface area contributed by atoms with Crippen LogP contribution in [-0.4, -0.2) is 10.2 Å². The fourth-order valence-corrected chi connectivity index (χ4v) is 2.57. The van der Waals surface area contributed by atoms with Crippen LogP contribution in [0, 0.1) is 11.2 Å². The summed E-state index contributed by atoms with van der Waals surface area (Å²) in [6, 6.07) is 9.10. The van der Waals surface area contributed by atoms with Crippen LogP contribution >= 0.6 is 11.6 Å². The Morgan fingerprint density at radius 2 is 1.91 bits per heavy atom. The first-order chi connectivity index (χ1) is 10.8. The van der Waals surface area contributed by atoms with Gasteiger partial charge >= 0.3 is 0 Å². The van der Waals surface area contributed by atoms with Gasteiger partial charge in [-0.15, -0.1) is 18.2 Å². The number of phenolic OH excluding ortho intramolecular Hbond substituents is 1. The van der Waals surface area contributed by atoms with Gasteiger partial charge in [0.1, 0.15) is 11.6 Å². The summed E-state index contributed by atoms with van der Waals surface area (Å²) in [4.78, 5) is 0. The predicted molar refractivity (Wildman–Crippen MR) is 92.0 cm³/mol. The van der Waals surface area contributed by atoms with Crippen LogP contribution in [0.15, 0.2) is 49.1 Å². The van der Waals surface area contributed by atoms with E-state index in [0.717, 1.165) is 5.56 Å². The first-order valence-electron chi connectivity index (χ1n) is 7.29. The minimum Gasteiger partial charge on any atom is -0.508 e. The van der Waals surface area contributed by atoms with Gasteiger partial charge in [0.15, 0.2) is 0 Å². The summed E-state index contributed by atoms with van der Waals surface area (Å²) in [7, 11) is 0. The van der Waals surface area contributed by atoms with Crippen LogP contribution in [0.1, 0.15) is 31.1 Å². The largest absolute Gasteiger partial charge is 0.508 e. The molecule has 0 saturated heterocycles. The van der Waals surface area contributed by atoms with Crippen molar-refractivity contribution in [3.63, 3.8) is 0 Å². The molecule has 0 aliphatic heterocycles. The Bertz CT molecular complexity index is 725. The fourth-order valence-electron chi connectivity index (χ4n) is 2.40. The Morgan fingerprint density at radius 1 is 1.22 bits per heavy atom. The minimum atomic E-state index is -0.889. The molecule has 23 heavy (non-hydrogen) atoms. The van der Waals surface area contributed by atoms with Crippen LogP contribution in [0.3, 0.4) is 0 Å². The van der Waals surface area contributed by atoms with Crippen LogP contribution in [0.5, 0.6) is 5.75 Å². The SMILES string of the molecule is C=CC(C)(C)[C@H](O)c1cc(CCl)ccc1-c1cc(O)ccc1F. The lowest BCUT2D eigenvalue weighted by molar-refractivity contribution is 0.0826. The zero-order valence-corrected chi connectivity index (χ0v) is 13.9. The van der Waals surface area contributed by atoms with E-state index in [2.05, 4.69) is 6.58 Å². The molecular weight excluding hydrogens is 315 g/mol. The van der Waals surface area contributed by atoms with Crippen molar-refractivity contribution >= 4 is 11.6 Å². The van der Waals surface area contributed by atoms with Crippen molar-refractivity contribution in [2.45, 2.75) is 25.8 Å². The minimum absolute atomic E-state index is 0.0359. The Balaban J connectivity index is 2.69. The Hall–Kier alpha value is -1.84. The number of benzene rings is 2. The molecule has 0 fully saturated rings. The first-order valence-corrected chi connectivity index (χ1v) is 7.83. The van der Waals surface area contributed by atoms with Gasteiger partial charge in [-0.25, -0.2) is 4.39 Å². The molecule has 1 atom stereocenters. The molecule has 4 heteroatoms. The maximum Gasteiger partial charge on any atom is 0.131 e. The molecule has 0 unspecified atom stereocenters. The number of aliphatic hydroxyl groups excluding tert-OH is 1. The van der Waals surface area contributed by atoms with E-state index in [1.165, 1.54) is 18.2 Å². The molecule has 0 aliphatic rings. The highest BCUT2D eigenvalue weighted by atomic mass is 35.5. The molecule has 0 spiro atoms. The second kappa shape index (κ2) is 6.73. The Labute approximate surface area is 140 Å². The van der Waals surface area contributed by atoms with Crippen molar-refractivity contribution < 1.29 is 14.6 Å². The monoisotopic (exact) mass is 334 g/mol. The van der Waals surface area contributed by atoms with Crippen molar-refractivity contribution in [3.8, 4) is 16.9 Å². The molecule has 0 amide bonds. The topological polar surface area (TPSA) is 40.5 Å². The number of phenols is 1. The highest BCUT2D eigenvalue weighted by Gasteiger charge is 2.29. The molecular formula is C19H20ClFO2. The Morgan fingerprint density at radius 3 is 2.52 bits per heavy atom. The van der Waals surface area contributed by atoms with Crippen molar-refractivity contribution in [2.75, 3.05) is 0 Å². The van der Waals surface area contributed by atoms with E-state index in [0.29, 0.717) is 11.1 Å². The Kier molecular flexibility index (Phi) is 5.12. The first kappa shape index (κ1) is 17.5. The highest BCUT2D eigenvalue weighted by Crippen LogP contribution is 2.40. The molecule has 0 heterocycles. The third-order valence-corrected chi connectivity index (χ3v) is 4.34. The summed E-state index contributed by atoms with van der Waals surface area (Å²) in [5.74, 6) is -0.214. The molecule has 122 valence electrons. The second-order valence-corrected chi connectivity index (χ2v) is 6.41. The summed E-state index contributed by atoms with van der Waals surface area (Å²) in [6.07, 6.45) is 0.771. The van der Waals surface area contributed by atoms with Crippen molar-refractivity contribution in [1.29, 1.82) is 0 Å². The molecule has 2 aromatic rings. The predicted octanol–water partition coefficient (Wildman–Crippen LogP) is 5.18. The molecule has 0 radical (unpaired) electrons. The van der Waals surface area contributed by atoms with E-state index < -0.39 is 17.3 Å². The number of aliphatic hydroxyl groups is 1. The lowest BCUT2D eigenvalue weighted by Gasteiger charge is -2.29. The molecule has 2 N–H and O–H groups in total. The number of alkyl halides is 1. The molecule has 0 aromatic heterocycles.